The minimum Gasteiger partial charge on any atom is -0.496 e. The van der Waals surface area contributed by atoms with Gasteiger partial charge in [-0.25, -0.2) is 4.98 Å². The van der Waals surface area contributed by atoms with Gasteiger partial charge in [-0.15, -0.1) is 0 Å². The number of nitrogens with zero attached hydrogens (tertiary/aromatic N) is 1. The van der Waals surface area contributed by atoms with Crippen LogP contribution in [0.4, 0.5) is 0 Å². The second-order valence-electron chi connectivity index (χ2n) is 4.84. The molecule has 0 radical (unpaired) electrons. The number of nitrogens with one attached hydrogen (secondary N) is 1. The Morgan fingerprint density at radius 2 is 2.00 bits per heavy atom. The molecule has 0 saturated heterocycles. The molecule has 0 saturated carbocycles. The molecule has 1 heterocycles. The summed E-state index contributed by atoms with van der Waals surface area (Å²) in [5.41, 5.74) is 2.24. The van der Waals surface area contributed by atoms with Crippen LogP contribution in [0.5, 0.6) is 5.75 Å². The van der Waals surface area contributed by atoms with E-state index < -0.39 is 0 Å². The summed E-state index contributed by atoms with van der Waals surface area (Å²) in [7, 11) is 1.63. The van der Waals surface area contributed by atoms with E-state index in [1.165, 1.54) is 0 Å². The number of carbonyl (C=O) groups excluding carboxylic acids is 1. The average molecular weight is 284 g/mol. The molecule has 4 heteroatoms. The van der Waals surface area contributed by atoms with Crippen molar-refractivity contribution in [2.75, 3.05) is 7.11 Å². The quantitative estimate of drug-likeness (QED) is 0.916. The van der Waals surface area contributed by atoms with E-state index in [9.17, 15) is 4.79 Å². The first-order valence-corrected chi connectivity index (χ1v) is 7.03. The Kier molecular flexibility index (Phi) is 4.93. The van der Waals surface area contributed by atoms with E-state index in [1.807, 2.05) is 50.2 Å². The van der Waals surface area contributed by atoms with Gasteiger partial charge in [0.05, 0.1) is 13.2 Å². The van der Waals surface area contributed by atoms with E-state index >= 15 is 0 Å². The van der Waals surface area contributed by atoms with Crippen LogP contribution in [0.2, 0.25) is 0 Å². The van der Waals surface area contributed by atoms with Crippen molar-refractivity contribution >= 4 is 5.91 Å². The van der Waals surface area contributed by atoms with Crippen LogP contribution in [-0.4, -0.2) is 18.0 Å². The predicted molar refractivity (Wildman–Crippen MR) is 82.5 cm³/mol. The lowest BCUT2D eigenvalue weighted by Gasteiger charge is -2.19. The fourth-order valence-electron chi connectivity index (χ4n) is 2.26. The molecule has 0 aliphatic carbocycles. The van der Waals surface area contributed by atoms with Gasteiger partial charge in [-0.05, 0) is 31.5 Å². The van der Waals surface area contributed by atoms with Crippen LogP contribution < -0.4 is 10.1 Å². The normalized spacial score (nSPS) is 11.8. The van der Waals surface area contributed by atoms with Gasteiger partial charge in [0.25, 0.3) is 5.91 Å². The third kappa shape index (κ3) is 3.60. The highest BCUT2D eigenvalue weighted by atomic mass is 16.5. The number of rotatable bonds is 5. The number of aromatic nitrogens is 1. The van der Waals surface area contributed by atoms with Crippen molar-refractivity contribution in [3.8, 4) is 5.75 Å². The zero-order valence-corrected chi connectivity index (χ0v) is 12.6. The maximum atomic E-state index is 12.3. The van der Waals surface area contributed by atoms with E-state index in [4.69, 9.17) is 4.74 Å². The molecule has 1 aromatic carbocycles. The molecule has 2 aromatic rings. The molecule has 110 valence electrons. The summed E-state index contributed by atoms with van der Waals surface area (Å²) in [6.07, 6.45) is 0.776. The third-order valence-corrected chi connectivity index (χ3v) is 3.35. The molecule has 0 unspecified atom stereocenters. The molecule has 1 aromatic heterocycles. The van der Waals surface area contributed by atoms with Crippen LogP contribution >= 0.6 is 0 Å². The highest BCUT2D eigenvalue weighted by molar-refractivity contribution is 5.92. The van der Waals surface area contributed by atoms with Gasteiger partial charge in [-0.3, -0.25) is 4.79 Å². The Hall–Kier alpha value is -2.36. The molecule has 0 spiro atoms. The smallest absolute Gasteiger partial charge is 0.270 e. The fraction of sp³-hybridized carbons (Fsp3) is 0.294. The molecule has 21 heavy (non-hydrogen) atoms. The van der Waals surface area contributed by atoms with Crippen molar-refractivity contribution in [1.29, 1.82) is 0 Å². The zero-order chi connectivity index (χ0) is 15.2. The number of benzene rings is 1. The number of pyridine rings is 1. The molecule has 4 nitrogen and oxygen atoms in total. The molecule has 2 rings (SSSR count). The van der Waals surface area contributed by atoms with Crippen LogP contribution in [0.1, 0.15) is 41.1 Å². The van der Waals surface area contributed by atoms with Gasteiger partial charge in [-0.1, -0.05) is 31.2 Å². The summed E-state index contributed by atoms with van der Waals surface area (Å²) in [4.78, 5) is 16.6. The highest BCUT2D eigenvalue weighted by Gasteiger charge is 2.18. The van der Waals surface area contributed by atoms with Gasteiger partial charge in [0.1, 0.15) is 11.4 Å². The standard InChI is InChI=1S/C17H20N2O2/c1-4-14(13-9-5-6-11-16(13)21-3)19-17(20)15-10-7-8-12(2)18-15/h5-11,14H,4H2,1-3H3,(H,19,20)/t14-/m1/s1. The summed E-state index contributed by atoms with van der Waals surface area (Å²) in [6, 6.07) is 13.0. The molecular formula is C17H20N2O2. The summed E-state index contributed by atoms with van der Waals surface area (Å²) in [5, 5.41) is 3.02. The largest absolute Gasteiger partial charge is 0.496 e. The monoisotopic (exact) mass is 284 g/mol. The number of amides is 1. The number of hydrogen-bond acceptors (Lipinski definition) is 3. The second kappa shape index (κ2) is 6.88. The Labute approximate surface area is 125 Å². The zero-order valence-electron chi connectivity index (χ0n) is 12.6. The van der Waals surface area contributed by atoms with Crippen molar-refractivity contribution in [1.82, 2.24) is 10.3 Å². The molecule has 0 aliphatic heterocycles. The van der Waals surface area contributed by atoms with E-state index in [2.05, 4.69) is 10.3 Å². The molecular weight excluding hydrogens is 264 g/mol. The molecule has 1 N–H and O–H groups in total. The van der Waals surface area contributed by atoms with Gasteiger partial charge in [-0.2, -0.15) is 0 Å². The molecule has 0 bridgehead atoms. The van der Waals surface area contributed by atoms with Crippen LogP contribution in [-0.2, 0) is 0 Å². The summed E-state index contributed by atoms with van der Waals surface area (Å²) >= 11 is 0. The lowest BCUT2D eigenvalue weighted by molar-refractivity contribution is 0.0930. The van der Waals surface area contributed by atoms with E-state index in [0.29, 0.717) is 5.69 Å². The predicted octanol–water partition coefficient (Wildman–Crippen LogP) is 3.28. The van der Waals surface area contributed by atoms with E-state index in [-0.39, 0.29) is 11.9 Å². The van der Waals surface area contributed by atoms with Crippen molar-refractivity contribution < 1.29 is 9.53 Å². The van der Waals surface area contributed by atoms with Gasteiger partial charge < -0.3 is 10.1 Å². The summed E-state index contributed by atoms with van der Waals surface area (Å²) < 4.78 is 5.37. The van der Waals surface area contributed by atoms with E-state index in [1.54, 1.807) is 13.2 Å². The molecule has 0 fully saturated rings. The number of hydrogen-bond donors (Lipinski definition) is 1. The lowest BCUT2D eigenvalue weighted by atomic mass is 10.0. The van der Waals surface area contributed by atoms with Gasteiger partial charge in [0, 0.05) is 11.3 Å². The summed E-state index contributed by atoms with van der Waals surface area (Å²) in [5.74, 6) is 0.610. The minimum atomic E-state index is -0.170. The van der Waals surface area contributed by atoms with Crippen molar-refractivity contribution in [3.05, 3.63) is 59.4 Å². The Balaban J connectivity index is 2.21. The minimum absolute atomic E-state index is 0.101. The number of methoxy groups -OCH3 is 1. The van der Waals surface area contributed by atoms with Crippen LogP contribution in [0.25, 0.3) is 0 Å². The lowest BCUT2D eigenvalue weighted by Crippen LogP contribution is -2.29. The SMILES string of the molecule is CC[C@@H](NC(=O)c1cccc(C)n1)c1ccccc1OC. The first-order chi connectivity index (χ1) is 10.2. The average Bonchev–Trinajstić information content (AvgIpc) is 2.52. The van der Waals surface area contributed by atoms with E-state index in [0.717, 1.165) is 23.4 Å². The van der Waals surface area contributed by atoms with Crippen LogP contribution in [0.3, 0.4) is 0 Å². The van der Waals surface area contributed by atoms with Crippen molar-refractivity contribution in [2.45, 2.75) is 26.3 Å². The first-order valence-electron chi connectivity index (χ1n) is 7.03. The summed E-state index contributed by atoms with van der Waals surface area (Å²) in [6.45, 7) is 3.90. The van der Waals surface area contributed by atoms with Gasteiger partial charge >= 0.3 is 0 Å². The molecule has 1 amide bonds. The highest BCUT2D eigenvalue weighted by Crippen LogP contribution is 2.26. The maximum absolute atomic E-state index is 12.3. The third-order valence-electron chi connectivity index (χ3n) is 3.35. The van der Waals surface area contributed by atoms with Crippen molar-refractivity contribution in [3.63, 3.8) is 0 Å². The number of carbonyl (C=O) groups is 1. The topological polar surface area (TPSA) is 51.2 Å². The number of ether oxygens (including phenoxy) is 1. The maximum Gasteiger partial charge on any atom is 0.270 e. The second-order valence-corrected chi connectivity index (χ2v) is 4.84. The Morgan fingerprint density at radius 1 is 1.24 bits per heavy atom. The van der Waals surface area contributed by atoms with Gasteiger partial charge in [0.15, 0.2) is 0 Å². The molecule has 1 atom stereocenters. The number of aryl methyl sites for hydroxylation is 1. The van der Waals surface area contributed by atoms with Crippen molar-refractivity contribution in [2.24, 2.45) is 0 Å². The fourth-order valence-corrected chi connectivity index (χ4v) is 2.26. The van der Waals surface area contributed by atoms with Crippen LogP contribution in [0.15, 0.2) is 42.5 Å². The number of para-hydroxylation sites is 1. The van der Waals surface area contributed by atoms with Crippen LogP contribution in [0, 0.1) is 6.92 Å². The van der Waals surface area contributed by atoms with Gasteiger partial charge in [0.2, 0.25) is 0 Å². The Bertz CT molecular complexity index is 626. The first kappa shape index (κ1) is 15.0. The molecule has 0 aliphatic rings. The Morgan fingerprint density at radius 3 is 2.67 bits per heavy atom.